The van der Waals surface area contributed by atoms with Crippen LogP contribution >= 0.6 is 0 Å². The van der Waals surface area contributed by atoms with Gasteiger partial charge in [0.15, 0.2) is 0 Å². The Labute approximate surface area is 183 Å². The number of benzene rings is 1. The third-order valence-electron chi connectivity index (χ3n) is 4.45. The maximum atomic E-state index is 12.4. The number of carbonyl (C=O) groups is 2. The molecule has 2 amide bonds. The minimum atomic E-state index is -5.08. The fourth-order valence-corrected chi connectivity index (χ4v) is 3.00. The summed E-state index contributed by atoms with van der Waals surface area (Å²) in [5.41, 5.74) is 8.39. The first kappa shape index (κ1) is 24.9. The van der Waals surface area contributed by atoms with E-state index in [0.29, 0.717) is 19.0 Å². The maximum absolute atomic E-state index is 12.4. The first-order valence-electron chi connectivity index (χ1n) is 9.84. The van der Waals surface area contributed by atoms with Gasteiger partial charge in [-0.15, -0.1) is 0 Å². The highest BCUT2D eigenvalue weighted by atomic mass is 19.4. The lowest BCUT2D eigenvalue weighted by molar-refractivity contribution is -0.192. The molecule has 3 rings (SSSR count). The first-order valence-corrected chi connectivity index (χ1v) is 9.84. The molecule has 11 heteroatoms. The summed E-state index contributed by atoms with van der Waals surface area (Å²) in [5.74, 6) is -2.18. The van der Waals surface area contributed by atoms with Gasteiger partial charge in [0.25, 0.3) is 0 Å². The van der Waals surface area contributed by atoms with Crippen molar-refractivity contribution in [3.63, 3.8) is 0 Å². The molecule has 1 atom stereocenters. The number of ether oxygens (including phenoxy) is 1. The number of urea groups is 1. The summed E-state index contributed by atoms with van der Waals surface area (Å²) < 4.78 is 37.8. The second-order valence-corrected chi connectivity index (χ2v) is 7.09. The molecule has 174 valence electrons. The predicted octanol–water partition coefficient (Wildman–Crippen LogP) is 3.56. The van der Waals surface area contributed by atoms with Crippen LogP contribution in [0.1, 0.15) is 24.1 Å². The number of para-hydroxylation sites is 1. The fraction of sp³-hybridized carbons (Fsp3) is 0.381. The van der Waals surface area contributed by atoms with Crippen molar-refractivity contribution >= 4 is 17.7 Å². The molecule has 0 spiro atoms. The molecule has 0 radical (unpaired) electrons. The van der Waals surface area contributed by atoms with Gasteiger partial charge >= 0.3 is 18.2 Å². The van der Waals surface area contributed by atoms with E-state index < -0.39 is 12.1 Å². The average molecular weight is 454 g/mol. The van der Waals surface area contributed by atoms with E-state index in [1.54, 1.807) is 4.90 Å². The number of halogens is 3. The van der Waals surface area contributed by atoms with Gasteiger partial charge in [-0.2, -0.15) is 13.2 Å². The maximum Gasteiger partial charge on any atom is 0.490 e. The molecule has 0 bridgehead atoms. The van der Waals surface area contributed by atoms with Crippen LogP contribution in [0.2, 0.25) is 0 Å². The molecule has 1 saturated heterocycles. The number of pyridine rings is 1. The Morgan fingerprint density at radius 2 is 1.94 bits per heavy atom. The van der Waals surface area contributed by atoms with Crippen LogP contribution < -0.4 is 15.8 Å². The molecular formula is C21H25F3N4O4. The third-order valence-corrected chi connectivity index (χ3v) is 4.45. The number of aryl methyl sites for hydroxylation is 1. The molecule has 1 aromatic heterocycles. The number of amides is 2. The Hall–Kier alpha value is -3.34. The number of aromatic nitrogens is 1. The highest BCUT2D eigenvalue weighted by Gasteiger charge is 2.38. The Bertz CT molecular complexity index is 910. The quantitative estimate of drug-likeness (QED) is 0.650. The van der Waals surface area contributed by atoms with Gasteiger partial charge in [-0.25, -0.2) is 14.6 Å². The van der Waals surface area contributed by atoms with Gasteiger partial charge in [0.1, 0.15) is 6.10 Å². The molecule has 1 fully saturated rings. The minimum Gasteiger partial charge on any atom is -0.475 e. The molecule has 32 heavy (non-hydrogen) atoms. The van der Waals surface area contributed by atoms with Crippen molar-refractivity contribution in [2.75, 3.05) is 18.4 Å². The summed E-state index contributed by atoms with van der Waals surface area (Å²) in [6.45, 7) is 3.66. The van der Waals surface area contributed by atoms with Gasteiger partial charge in [0.2, 0.25) is 5.88 Å². The number of nitrogens with two attached hydrogens (primary N) is 1. The van der Waals surface area contributed by atoms with Crippen LogP contribution in [0.15, 0.2) is 42.5 Å². The lowest BCUT2D eigenvalue weighted by Crippen LogP contribution is -2.46. The lowest BCUT2D eigenvalue weighted by Gasteiger charge is -2.32. The van der Waals surface area contributed by atoms with E-state index in [4.69, 9.17) is 20.4 Å². The van der Waals surface area contributed by atoms with E-state index in [2.05, 4.69) is 10.3 Å². The average Bonchev–Trinajstić information content (AvgIpc) is 2.74. The van der Waals surface area contributed by atoms with Crippen molar-refractivity contribution < 1.29 is 32.6 Å². The van der Waals surface area contributed by atoms with Crippen LogP contribution in [0.3, 0.4) is 0 Å². The molecule has 0 aliphatic carbocycles. The van der Waals surface area contributed by atoms with Crippen LogP contribution in [0.4, 0.5) is 23.7 Å². The first-order chi connectivity index (χ1) is 15.1. The van der Waals surface area contributed by atoms with Gasteiger partial charge in [-0.05, 0) is 43.5 Å². The number of alkyl halides is 3. The van der Waals surface area contributed by atoms with Gasteiger partial charge in [-0.1, -0.05) is 18.2 Å². The zero-order chi connectivity index (χ0) is 23.7. The van der Waals surface area contributed by atoms with E-state index in [1.807, 2.05) is 49.4 Å². The zero-order valence-electron chi connectivity index (χ0n) is 17.4. The van der Waals surface area contributed by atoms with Crippen LogP contribution in [-0.2, 0) is 11.3 Å². The number of carboxylic acid groups (broad SMARTS) is 1. The van der Waals surface area contributed by atoms with E-state index in [9.17, 15) is 18.0 Å². The van der Waals surface area contributed by atoms with E-state index >= 15 is 0 Å². The lowest BCUT2D eigenvalue weighted by atomic mass is 10.1. The summed E-state index contributed by atoms with van der Waals surface area (Å²) in [4.78, 5) is 27.6. The van der Waals surface area contributed by atoms with Crippen LogP contribution in [0.5, 0.6) is 5.88 Å². The van der Waals surface area contributed by atoms with Gasteiger partial charge in [0.05, 0.1) is 6.54 Å². The number of piperidine rings is 1. The summed E-state index contributed by atoms with van der Waals surface area (Å²) in [6, 6.07) is 13.2. The second kappa shape index (κ2) is 11.3. The van der Waals surface area contributed by atoms with E-state index in [1.165, 1.54) is 0 Å². The molecular weight excluding hydrogens is 429 g/mol. The number of hydrogen-bond acceptors (Lipinski definition) is 5. The number of nitrogens with one attached hydrogen (secondary N) is 1. The van der Waals surface area contributed by atoms with E-state index in [0.717, 1.165) is 36.3 Å². The molecule has 1 aliphatic heterocycles. The molecule has 0 unspecified atom stereocenters. The number of carbonyl (C=O) groups excluding carboxylic acids is 1. The van der Waals surface area contributed by atoms with Crippen molar-refractivity contribution in [3.8, 4) is 5.88 Å². The Balaban J connectivity index is 0.000000451. The Morgan fingerprint density at radius 1 is 1.28 bits per heavy atom. The summed E-state index contributed by atoms with van der Waals surface area (Å²) in [7, 11) is 0. The monoisotopic (exact) mass is 454 g/mol. The molecule has 8 nitrogen and oxygen atoms in total. The predicted molar refractivity (Wildman–Crippen MR) is 111 cm³/mol. The molecule has 4 N–H and O–H groups in total. The van der Waals surface area contributed by atoms with Crippen molar-refractivity contribution in [2.45, 2.75) is 38.6 Å². The van der Waals surface area contributed by atoms with Crippen molar-refractivity contribution in [2.24, 2.45) is 5.73 Å². The largest absolute Gasteiger partial charge is 0.490 e. The number of carboxylic acids is 1. The summed E-state index contributed by atoms with van der Waals surface area (Å²) >= 11 is 0. The number of rotatable bonds is 4. The normalized spacial score (nSPS) is 15.9. The van der Waals surface area contributed by atoms with Crippen molar-refractivity contribution in [1.29, 1.82) is 0 Å². The molecule has 1 aromatic carbocycles. The van der Waals surface area contributed by atoms with Crippen molar-refractivity contribution in [1.82, 2.24) is 9.88 Å². The standard InChI is InChI=1S/C19H24N4O2.C2HF3O2/c1-14-10-15(12-20)11-18(21-14)25-17-8-5-9-23(13-17)19(24)22-16-6-3-2-4-7-16;3-2(4,5)1(6)7/h2-4,6-7,10-11,17H,5,8-9,12-13,20H2,1H3,(H,22,24);(H,6,7)/t17-;/m0./s1. The van der Waals surface area contributed by atoms with Crippen LogP contribution in [0, 0.1) is 6.92 Å². The molecule has 2 aromatic rings. The topological polar surface area (TPSA) is 118 Å². The minimum absolute atomic E-state index is 0.0600. The fourth-order valence-electron chi connectivity index (χ4n) is 3.00. The number of nitrogens with zero attached hydrogens (tertiary/aromatic N) is 2. The molecule has 0 saturated carbocycles. The van der Waals surface area contributed by atoms with Gasteiger partial charge < -0.3 is 25.8 Å². The molecule has 1 aliphatic rings. The Morgan fingerprint density at radius 3 is 2.53 bits per heavy atom. The van der Waals surface area contributed by atoms with Crippen LogP contribution in [-0.4, -0.2) is 52.4 Å². The Kier molecular flexibility index (Phi) is 8.82. The van der Waals surface area contributed by atoms with Crippen molar-refractivity contribution in [3.05, 3.63) is 53.7 Å². The number of aliphatic carboxylic acids is 1. The highest BCUT2D eigenvalue weighted by Crippen LogP contribution is 2.20. The third kappa shape index (κ3) is 8.06. The van der Waals surface area contributed by atoms with Gasteiger partial charge in [0, 0.05) is 30.5 Å². The smallest absolute Gasteiger partial charge is 0.475 e. The SMILES string of the molecule is Cc1cc(CN)cc(O[C@H]2CCCN(C(=O)Nc3ccccc3)C2)n1.O=C(O)C(F)(F)F. The molecule has 2 heterocycles. The van der Waals surface area contributed by atoms with Gasteiger partial charge in [-0.3, -0.25) is 0 Å². The van der Waals surface area contributed by atoms with E-state index in [-0.39, 0.29) is 12.1 Å². The number of anilines is 1. The highest BCUT2D eigenvalue weighted by molar-refractivity contribution is 5.89. The zero-order valence-corrected chi connectivity index (χ0v) is 17.4. The summed E-state index contributed by atoms with van der Waals surface area (Å²) in [6.07, 6.45) is -3.33. The van der Waals surface area contributed by atoms with Crippen LogP contribution in [0.25, 0.3) is 0 Å². The number of likely N-dealkylation sites (tertiary alicyclic amines) is 1. The summed E-state index contributed by atoms with van der Waals surface area (Å²) in [5, 5.41) is 10.0. The number of hydrogen-bond donors (Lipinski definition) is 3. The second-order valence-electron chi connectivity index (χ2n) is 7.09.